The molecular formula is C14H16N2O. The van der Waals surface area contributed by atoms with Gasteiger partial charge in [0.25, 0.3) is 5.56 Å². The molecule has 1 aliphatic rings. The van der Waals surface area contributed by atoms with E-state index in [0.29, 0.717) is 12.0 Å². The zero-order valence-electron chi connectivity index (χ0n) is 10.2. The summed E-state index contributed by atoms with van der Waals surface area (Å²) >= 11 is 0. The summed E-state index contributed by atoms with van der Waals surface area (Å²) in [6, 6.07) is 7.93. The van der Waals surface area contributed by atoms with Gasteiger partial charge in [0, 0.05) is 12.5 Å². The summed E-state index contributed by atoms with van der Waals surface area (Å²) in [7, 11) is 0. The van der Waals surface area contributed by atoms with E-state index in [1.165, 1.54) is 0 Å². The van der Waals surface area contributed by atoms with Crippen LogP contribution in [0.15, 0.2) is 29.1 Å². The largest absolute Gasteiger partial charge is 0.293 e. The molecule has 3 rings (SSSR count). The normalized spacial score (nSPS) is 18.9. The summed E-state index contributed by atoms with van der Waals surface area (Å²) < 4.78 is 1.91. The Hall–Kier alpha value is -1.64. The van der Waals surface area contributed by atoms with E-state index in [-0.39, 0.29) is 5.56 Å². The first kappa shape index (κ1) is 10.5. The molecule has 0 saturated heterocycles. The van der Waals surface area contributed by atoms with Crippen molar-refractivity contribution in [3.05, 3.63) is 40.4 Å². The lowest BCUT2D eigenvalue weighted by Gasteiger charge is -2.18. The van der Waals surface area contributed by atoms with Gasteiger partial charge < -0.3 is 0 Å². The van der Waals surface area contributed by atoms with E-state index >= 15 is 0 Å². The van der Waals surface area contributed by atoms with E-state index in [4.69, 9.17) is 0 Å². The Morgan fingerprint density at radius 3 is 2.88 bits per heavy atom. The second-order valence-electron chi connectivity index (χ2n) is 5.07. The molecule has 0 radical (unpaired) electrons. The van der Waals surface area contributed by atoms with Crippen molar-refractivity contribution in [3.63, 3.8) is 0 Å². The first-order chi connectivity index (χ1) is 8.18. The molecule has 2 aromatic rings. The van der Waals surface area contributed by atoms with Gasteiger partial charge in [-0.15, -0.1) is 0 Å². The van der Waals surface area contributed by atoms with Crippen LogP contribution in [0, 0.1) is 5.92 Å². The van der Waals surface area contributed by atoms with Crippen LogP contribution in [-0.4, -0.2) is 9.55 Å². The van der Waals surface area contributed by atoms with Crippen LogP contribution >= 0.6 is 0 Å². The smallest absolute Gasteiger partial charge is 0.261 e. The molecule has 1 aromatic heterocycles. The summed E-state index contributed by atoms with van der Waals surface area (Å²) in [6.07, 6.45) is 1.96. The Kier molecular flexibility index (Phi) is 2.28. The van der Waals surface area contributed by atoms with E-state index in [2.05, 4.69) is 18.8 Å². The number of hydrogen-bond donors (Lipinski definition) is 0. The lowest BCUT2D eigenvalue weighted by atomic mass is 10.0. The highest BCUT2D eigenvalue weighted by Crippen LogP contribution is 2.29. The summed E-state index contributed by atoms with van der Waals surface area (Å²) in [5.41, 5.74) is 0.954. The molecule has 17 heavy (non-hydrogen) atoms. The topological polar surface area (TPSA) is 34.9 Å². The summed E-state index contributed by atoms with van der Waals surface area (Å²) in [5.74, 6) is 1.43. The minimum Gasteiger partial charge on any atom is -0.293 e. The third-order valence-corrected chi connectivity index (χ3v) is 3.65. The highest BCUT2D eigenvalue weighted by atomic mass is 16.1. The average Bonchev–Trinajstić information content (AvgIpc) is 2.73. The van der Waals surface area contributed by atoms with Crippen LogP contribution in [0.3, 0.4) is 0 Å². The van der Waals surface area contributed by atoms with E-state index in [1.54, 1.807) is 0 Å². The van der Waals surface area contributed by atoms with Gasteiger partial charge in [0.05, 0.1) is 10.9 Å². The molecule has 3 heteroatoms. The molecule has 0 saturated carbocycles. The minimum atomic E-state index is 0.127. The van der Waals surface area contributed by atoms with Gasteiger partial charge in [-0.1, -0.05) is 26.0 Å². The molecule has 1 aromatic carbocycles. The molecule has 0 N–H and O–H groups in total. The maximum atomic E-state index is 12.5. The monoisotopic (exact) mass is 228 g/mol. The fourth-order valence-electron chi connectivity index (χ4n) is 2.75. The molecule has 1 unspecified atom stereocenters. The molecule has 1 atom stereocenters. The Bertz CT molecular complexity index is 628. The Labute approximate surface area is 100 Å². The van der Waals surface area contributed by atoms with Crippen molar-refractivity contribution in [2.24, 2.45) is 5.92 Å². The van der Waals surface area contributed by atoms with Gasteiger partial charge in [-0.3, -0.25) is 9.36 Å². The lowest BCUT2D eigenvalue weighted by molar-refractivity contribution is 0.384. The predicted octanol–water partition coefficient (Wildman–Crippen LogP) is 2.54. The fourth-order valence-corrected chi connectivity index (χ4v) is 2.75. The minimum absolute atomic E-state index is 0.127. The molecule has 0 aliphatic carbocycles. The zero-order chi connectivity index (χ0) is 12.0. The van der Waals surface area contributed by atoms with Crippen LogP contribution in [0.25, 0.3) is 10.9 Å². The Morgan fingerprint density at radius 1 is 1.35 bits per heavy atom. The summed E-state index contributed by atoms with van der Waals surface area (Å²) in [6.45, 7) is 4.34. The van der Waals surface area contributed by atoms with Crippen molar-refractivity contribution < 1.29 is 0 Å². The highest BCUT2D eigenvalue weighted by molar-refractivity contribution is 5.77. The van der Waals surface area contributed by atoms with Gasteiger partial charge >= 0.3 is 0 Å². The van der Waals surface area contributed by atoms with Gasteiger partial charge in [-0.25, -0.2) is 4.98 Å². The highest BCUT2D eigenvalue weighted by Gasteiger charge is 2.27. The molecule has 0 spiro atoms. The third-order valence-electron chi connectivity index (χ3n) is 3.65. The third kappa shape index (κ3) is 1.49. The van der Waals surface area contributed by atoms with Crippen molar-refractivity contribution in [1.29, 1.82) is 0 Å². The molecular weight excluding hydrogens is 212 g/mol. The van der Waals surface area contributed by atoms with Crippen LogP contribution in [0.2, 0.25) is 0 Å². The maximum absolute atomic E-state index is 12.5. The number of aromatic nitrogens is 2. The summed E-state index contributed by atoms with van der Waals surface area (Å²) in [4.78, 5) is 17.1. The van der Waals surface area contributed by atoms with Crippen molar-refractivity contribution in [3.8, 4) is 0 Å². The molecule has 0 fully saturated rings. The van der Waals surface area contributed by atoms with E-state index in [0.717, 1.165) is 29.6 Å². The molecule has 3 nitrogen and oxygen atoms in total. The van der Waals surface area contributed by atoms with Crippen molar-refractivity contribution >= 4 is 10.9 Å². The molecule has 0 bridgehead atoms. The first-order valence-electron chi connectivity index (χ1n) is 6.18. The summed E-state index contributed by atoms with van der Waals surface area (Å²) in [5, 5.41) is 0.740. The van der Waals surface area contributed by atoms with Crippen LogP contribution in [-0.2, 0) is 6.42 Å². The second kappa shape index (κ2) is 3.69. The molecule has 1 aliphatic heterocycles. The quantitative estimate of drug-likeness (QED) is 0.751. The number of para-hydroxylation sites is 1. The van der Waals surface area contributed by atoms with Gasteiger partial charge in [0.15, 0.2) is 0 Å². The van der Waals surface area contributed by atoms with Gasteiger partial charge in [-0.2, -0.15) is 0 Å². The molecule has 2 heterocycles. The SMILES string of the molecule is CC(C)C1CCc2nc3ccccc3c(=O)n21. The number of rotatable bonds is 1. The van der Waals surface area contributed by atoms with E-state index < -0.39 is 0 Å². The van der Waals surface area contributed by atoms with Crippen LogP contribution < -0.4 is 5.56 Å². The maximum Gasteiger partial charge on any atom is 0.261 e. The second-order valence-corrected chi connectivity index (χ2v) is 5.07. The average molecular weight is 228 g/mol. The van der Waals surface area contributed by atoms with Crippen LogP contribution in [0.5, 0.6) is 0 Å². The number of hydrogen-bond acceptors (Lipinski definition) is 2. The van der Waals surface area contributed by atoms with Gasteiger partial charge in [0.2, 0.25) is 0 Å². The number of nitrogens with zero attached hydrogens (tertiary/aromatic N) is 2. The first-order valence-corrected chi connectivity index (χ1v) is 6.18. The van der Waals surface area contributed by atoms with Crippen molar-refractivity contribution in [1.82, 2.24) is 9.55 Å². The van der Waals surface area contributed by atoms with Gasteiger partial charge in [0.1, 0.15) is 5.82 Å². The number of fused-ring (bicyclic) bond motifs is 2. The number of benzene rings is 1. The lowest BCUT2D eigenvalue weighted by Crippen LogP contribution is -2.26. The zero-order valence-corrected chi connectivity index (χ0v) is 10.2. The molecule has 0 amide bonds. The standard InChI is InChI=1S/C14H16N2O/c1-9(2)12-7-8-13-15-11-6-4-3-5-10(11)14(17)16(12)13/h3-6,9,12H,7-8H2,1-2H3. The predicted molar refractivity (Wildman–Crippen MR) is 68.2 cm³/mol. The van der Waals surface area contributed by atoms with Crippen LogP contribution in [0.1, 0.15) is 32.1 Å². The van der Waals surface area contributed by atoms with Crippen molar-refractivity contribution in [2.75, 3.05) is 0 Å². The Morgan fingerprint density at radius 2 is 2.12 bits per heavy atom. The number of aryl methyl sites for hydroxylation is 1. The Balaban J connectivity index is 2.33. The van der Waals surface area contributed by atoms with Crippen molar-refractivity contribution in [2.45, 2.75) is 32.7 Å². The molecule has 88 valence electrons. The van der Waals surface area contributed by atoms with E-state index in [1.807, 2.05) is 28.8 Å². The van der Waals surface area contributed by atoms with Crippen LogP contribution in [0.4, 0.5) is 0 Å². The fraction of sp³-hybridized carbons (Fsp3) is 0.429. The van der Waals surface area contributed by atoms with E-state index in [9.17, 15) is 4.79 Å². The van der Waals surface area contributed by atoms with Gasteiger partial charge in [-0.05, 0) is 24.5 Å².